The fourth-order valence-corrected chi connectivity index (χ4v) is 3.57. The molecule has 1 saturated heterocycles. The summed E-state index contributed by atoms with van der Waals surface area (Å²) in [6.45, 7) is 9.27. The quantitative estimate of drug-likeness (QED) is 0.483. The van der Waals surface area contributed by atoms with Gasteiger partial charge in [0.05, 0.1) is 32.6 Å². The number of nitrogens with one attached hydrogen (secondary N) is 1. The zero-order valence-electron chi connectivity index (χ0n) is 18.8. The Bertz CT molecular complexity index is 839. The normalized spacial score (nSPS) is 16.3. The van der Waals surface area contributed by atoms with Crippen molar-refractivity contribution in [3.63, 3.8) is 0 Å². The largest absolute Gasteiger partial charge is 0.497 e. The summed E-state index contributed by atoms with van der Waals surface area (Å²) in [4.78, 5) is 9.28. The lowest BCUT2D eigenvalue weighted by Gasteiger charge is -2.36. The van der Waals surface area contributed by atoms with Crippen molar-refractivity contribution in [2.45, 2.75) is 26.5 Å². The molecule has 1 aliphatic heterocycles. The molecule has 1 aliphatic rings. The Hall–Kier alpha value is -2.78. The fraction of sp³-hybridized carbons (Fsp3) is 0.545. The molecule has 31 heavy (non-hydrogen) atoms. The van der Waals surface area contributed by atoms with Crippen LogP contribution in [0.2, 0.25) is 0 Å². The molecule has 0 spiro atoms. The van der Waals surface area contributed by atoms with Crippen LogP contribution in [-0.2, 0) is 6.54 Å². The third kappa shape index (κ3) is 6.35. The van der Waals surface area contributed by atoms with Crippen molar-refractivity contribution >= 4 is 5.96 Å². The Morgan fingerprint density at radius 3 is 2.39 bits per heavy atom. The van der Waals surface area contributed by atoms with E-state index in [-0.39, 0.29) is 6.54 Å². The summed E-state index contributed by atoms with van der Waals surface area (Å²) in [7, 11) is 3.19. The number of benzene rings is 1. The number of hydrogen-bond acceptors (Lipinski definition) is 7. The number of piperazine rings is 1. The van der Waals surface area contributed by atoms with E-state index in [0.29, 0.717) is 17.1 Å². The van der Waals surface area contributed by atoms with Crippen LogP contribution in [-0.4, -0.2) is 79.5 Å². The Labute approximate surface area is 183 Å². The minimum atomic E-state index is -0.755. The van der Waals surface area contributed by atoms with Crippen LogP contribution < -0.4 is 14.8 Å². The minimum absolute atomic E-state index is 0.247. The molecule has 0 aliphatic carbocycles. The first-order valence-electron chi connectivity index (χ1n) is 10.6. The van der Waals surface area contributed by atoms with Crippen LogP contribution in [0.15, 0.2) is 33.8 Å². The van der Waals surface area contributed by atoms with Crippen LogP contribution in [0.1, 0.15) is 30.0 Å². The summed E-state index contributed by atoms with van der Waals surface area (Å²) in [6.07, 6.45) is -0.755. The lowest BCUT2D eigenvalue weighted by Crippen LogP contribution is -2.52. The second-order valence-corrected chi connectivity index (χ2v) is 7.55. The predicted molar refractivity (Wildman–Crippen MR) is 119 cm³/mol. The number of guanidine groups is 1. The van der Waals surface area contributed by atoms with Gasteiger partial charge in [0.15, 0.2) is 5.96 Å². The first-order valence-corrected chi connectivity index (χ1v) is 10.6. The third-order valence-corrected chi connectivity index (χ3v) is 5.24. The molecular formula is C22H33N5O4. The number of nitrogens with zero attached hydrogens (tertiary/aromatic N) is 4. The van der Waals surface area contributed by atoms with E-state index in [2.05, 4.69) is 20.3 Å². The highest BCUT2D eigenvalue weighted by atomic mass is 16.5. The van der Waals surface area contributed by atoms with Gasteiger partial charge < -0.3 is 29.3 Å². The minimum Gasteiger partial charge on any atom is -0.497 e. The number of aromatic nitrogens is 1. The van der Waals surface area contributed by atoms with Gasteiger partial charge in [-0.3, -0.25) is 9.89 Å². The topological polar surface area (TPSA) is 95.6 Å². The van der Waals surface area contributed by atoms with Crippen molar-refractivity contribution in [3.8, 4) is 11.5 Å². The molecule has 2 N–H and O–H groups in total. The zero-order valence-corrected chi connectivity index (χ0v) is 18.8. The molecule has 0 amide bonds. The van der Waals surface area contributed by atoms with E-state index < -0.39 is 6.10 Å². The molecule has 0 bridgehead atoms. The van der Waals surface area contributed by atoms with Crippen molar-refractivity contribution < 1.29 is 19.1 Å². The molecule has 170 valence electrons. The fourth-order valence-electron chi connectivity index (χ4n) is 3.57. The molecule has 2 aromatic rings. The van der Waals surface area contributed by atoms with Crippen LogP contribution in [0.25, 0.3) is 0 Å². The maximum absolute atomic E-state index is 10.7. The van der Waals surface area contributed by atoms with Gasteiger partial charge in [-0.1, -0.05) is 5.16 Å². The van der Waals surface area contributed by atoms with Crippen LogP contribution in [0.5, 0.6) is 11.5 Å². The standard InChI is InChI=1S/C22H33N5O4/c1-5-23-22(24-14-21(28)17-11-19(29-3)13-20(12-17)30-4)27-8-6-26(7-9-27)15-18-10-16(2)31-25-18/h10-13,21,28H,5-9,14-15H2,1-4H3,(H,23,24). The summed E-state index contributed by atoms with van der Waals surface area (Å²) in [6, 6.07) is 7.37. The van der Waals surface area contributed by atoms with Gasteiger partial charge >= 0.3 is 0 Å². The Morgan fingerprint density at radius 2 is 1.84 bits per heavy atom. The van der Waals surface area contributed by atoms with Crippen LogP contribution in [0, 0.1) is 6.92 Å². The molecule has 1 unspecified atom stereocenters. The first-order chi connectivity index (χ1) is 15.0. The van der Waals surface area contributed by atoms with Gasteiger partial charge in [-0.25, -0.2) is 0 Å². The van der Waals surface area contributed by atoms with E-state index in [1.165, 1.54) is 0 Å². The highest BCUT2D eigenvalue weighted by molar-refractivity contribution is 5.80. The molecule has 0 saturated carbocycles. The van der Waals surface area contributed by atoms with Gasteiger partial charge in [-0.2, -0.15) is 0 Å². The molecule has 3 rings (SSSR count). The Kier molecular flexibility index (Phi) is 8.13. The third-order valence-electron chi connectivity index (χ3n) is 5.24. The van der Waals surface area contributed by atoms with Gasteiger partial charge in [-0.15, -0.1) is 0 Å². The highest BCUT2D eigenvalue weighted by Crippen LogP contribution is 2.26. The van der Waals surface area contributed by atoms with Gasteiger partial charge in [0.1, 0.15) is 17.3 Å². The Morgan fingerprint density at radius 1 is 1.16 bits per heavy atom. The molecule has 1 fully saturated rings. The van der Waals surface area contributed by atoms with Crippen molar-refractivity contribution in [1.82, 2.24) is 20.3 Å². The number of aliphatic hydroxyl groups excluding tert-OH is 1. The van der Waals surface area contributed by atoms with Gasteiger partial charge in [-0.05, 0) is 31.5 Å². The van der Waals surface area contributed by atoms with E-state index in [0.717, 1.165) is 56.7 Å². The molecular weight excluding hydrogens is 398 g/mol. The number of aliphatic hydroxyl groups is 1. The van der Waals surface area contributed by atoms with Crippen molar-refractivity contribution in [2.24, 2.45) is 4.99 Å². The lowest BCUT2D eigenvalue weighted by atomic mass is 10.1. The molecule has 1 aromatic carbocycles. The number of ether oxygens (including phenoxy) is 2. The summed E-state index contributed by atoms with van der Waals surface area (Å²) >= 11 is 0. The van der Waals surface area contributed by atoms with E-state index in [1.807, 2.05) is 19.9 Å². The average Bonchev–Trinajstić information content (AvgIpc) is 3.21. The Balaban J connectivity index is 1.60. The number of aliphatic imine (C=N–C) groups is 1. The van der Waals surface area contributed by atoms with E-state index in [9.17, 15) is 5.11 Å². The molecule has 1 atom stereocenters. The van der Waals surface area contributed by atoms with Crippen LogP contribution in [0.3, 0.4) is 0 Å². The highest BCUT2D eigenvalue weighted by Gasteiger charge is 2.21. The van der Waals surface area contributed by atoms with E-state index in [1.54, 1.807) is 32.4 Å². The van der Waals surface area contributed by atoms with Crippen molar-refractivity contribution in [1.29, 1.82) is 0 Å². The van der Waals surface area contributed by atoms with Crippen molar-refractivity contribution in [2.75, 3.05) is 53.5 Å². The number of methoxy groups -OCH3 is 2. The van der Waals surface area contributed by atoms with E-state index in [4.69, 9.17) is 19.0 Å². The first kappa shape index (κ1) is 22.9. The zero-order chi connectivity index (χ0) is 22.2. The van der Waals surface area contributed by atoms with E-state index >= 15 is 0 Å². The molecule has 0 radical (unpaired) electrons. The summed E-state index contributed by atoms with van der Waals surface area (Å²) in [5, 5.41) is 18.1. The summed E-state index contributed by atoms with van der Waals surface area (Å²) in [5.41, 5.74) is 1.67. The predicted octanol–water partition coefficient (Wildman–Crippen LogP) is 1.82. The smallest absolute Gasteiger partial charge is 0.194 e. The molecule has 9 nitrogen and oxygen atoms in total. The van der Waals surface area contributed by atoms with Gasteiger partial charge in [0.2, 0.25) is 0 Å². The van der Waals surface area contributed by atoms with Gasteiger partial charge in [0.25, 0.3) is 0 Å². The molecule has 2 heterocycles. The van der Waals surface area contributed by atoms with Crippen LogP contribution >= 0.6 is 0 Å². The molecule has 1 aromatic heterocycles. The second-order valence-electron chi connectivity index (χ2n) is 7.55. The average molecular weight is 432 g/mol. The number of hydrogen-bond donors (Lipinski definition) is 2. The summed E-state index contributed by atoms with van der Waals surface area (Å²) < 4.78 is 15.8. The monoisotopic (exact) mass is 431 g/mol. The number of rotatable bonds is 8. The van der Waals surface area contributed by atoms with Crippen molar-refractivity contribution in [3.05, 3.63) is 41.3 Å². The number of aryl methyl sites for hydroxylation is 1. The summed E-state index contributed by atoms with van der Waals surface area (Å²) in [5.74, 6) is 2.93. The van der Waals surface area contributed by atoms with Gasteiger partial charge in [0, 0.05) is 51.4 Å². The lowest BCUT2D eigenvalue weighted by molar-refractivity contribution is 0.166. The SMILES string of the molecule is CCNC(=NCC(O)c1cc(OC)cc(OC)c1)N1CCN(Cc2cc(C)on2)CC1. The molecule has 9 heteroatoms. The maximum atomic E-state index is 10.7. The van der Waals surface area contributed by atoms with Crippen LogP contribution in [0.4, 0.5) is 0 Å². The maximum Gasteiger partial charge on any atom is 0.194 e. The second kappa shape index (κ2) is 11.0.